The fourth-order valence-electron chi connectivity index (χ4n) is 4.28. The van der Waals surface area contributed by atoms with E-state index in [1.165, 1.54) is 11.1 Å². The van der Waals surface area contributed by atoms with E-state index >= 15 is 0 Å². The van der Waals surface area contributed by atoms with Crippen molar-refractivity contribution in [3.63, 3.8) is 0 Å². The SMILES string of the molecule is CC(O)c1c(CN(C(=O)OC(C)(C)C)c2ccc(C#N)cc2)cnc(CO)c1OCC1C=CC=C(C#N)C1C. The van der Waals surface area contributed by atoms with Crippen LogP contribution in [0.3, 0.4) is 0 Å². The van der Waals surface area contributed by atoms with Crippen LogP contribution in [0.25, 0.3) is 0 Å². The molecule has 1 heterocycles. The van der Waals surface area contributed by atoms with Gasteiger partial charge in [0.05, 0.1) is 43.6 Å². The summed E-state index contributed by atoms with van der Waals surface area (Å²) in [6.45, 7) is 8.57. The van der Waals surface area contributed by atoms with Crippen molar-refractivity contribution in [3.8, 4) is 17.9 Å². The van der Waals surface area contributed by atoms with E-state index in [4.69, 9.17) is 9.47 Å². The molecule has 39 heavy (non-hydrogen) atoms. The maximum Gasteiger partial charge on any atom is 0.415 e. The minimum atomic E-state index is -1.02. The Morgan fingerprint density at radius 3 is 2.46 bits per heavy atom. The van der Waals surface area contributed by atoms with Gasteiger partial charge in [-0.2, -0.15) is 10.5 Å². The third-order valence-electron chi connectivity index (χ3n) is 6.36. The number of hydrogen-bond acceptors (Lipinski definition) is 8. The van der Waals surface area contributed by atoms with Crippen LogP contribution in [0.15, 0.2) is 54.3 Å². The van der Waals surface area contributed by atoms with Gasteiger partial charge in [0.15, 0.2) is 0 Å². The average Bonchev–Trinajstić information content (AvgIpc) is 2.89. The molecule has 1 aromatic heterocycles. The van der Waals surface area contributed by atoms with Gasteiger partial charge in [0.2, 0.25) is 0 Å². The Bertz CT molecular complexity index is 1330. The van der Waals surface area contributed by atoms with Crippen molar-refractivity contribution in [1.29, 1.82) is 10.5 Å². The molecule has 2 N–H and O–H groups in total. The second-order valence-corrected chi connectivity index (χ2v) is 10.4. The van der Waals surface area contributed by atoms with Gasteiger partial charge in [-0.05, 0) is 63.6 Å². The molecule has 1 aliphatic rings. The summed E-state index contributed by atoms with van der Waals surface area (Å²) in [5, 5.41) is 39.4. The number of aliphatic hydroxyl groups is 2. The first kappa shape index (κ1) is 29.4. The first-order valence-electron chi connectivity index (χ1n) is 12.7. The van der Waals surface area contributed by atoms with Gasteiger partial charge in [0.25, 0.3) is 0 Å². The van der Waals surface area contributed by atoms with Gasteiger partial charge in [-0.25, -0.2) is 4.79 Å². The van der Waals surface area contributed by atoms with Gasteiger partial charge < -0.3 is 19.7 Å². The number of nitrogens with zero attached hydrogens (tertiary/aromatic N) is 4. The van der Waals surface area contributed by atoms with Gasteiger partial charge >= 0.3 is 6.09 Å². The van der Waals surface area contributed by atoms with E-state index in [0.29, 0.717) is 28.0 Å². The number of anilines is 1. The summed E-state index contributed by atoms with van der Waals surface area (Å²) < 4.78 is 11.8. The fraction of sp³-hybridized carbons (Fsp3) is 0.400. The van der Waals surface area contributed by atoms with Crippen LogP contribution in [0.5, 0.6) is 5.75 Å². The Kier molecular flexibility index (Phi) is 9.47. The Balaban J connectivity index is 2.01. The van der Waals surface area contributed by atoms with E-state index < -0.39 is 24.4 Å². The number of pyridine rings is 1. The number of aliphatic hydroxyl groups excluding tert-OH is 2. The monoisotopic (exact) mass is 530 g/mol. The Morgan fingerprint density at radius 1 is 1.21 bits per heavy atom. The van der Waals surface area contributed by atoms with E-state index in [1.54, 1.807) is 58.0 Å². The van der Waals surface area contributed by atoms with Crippen molar-refractivity contribution in [2.75, 3.05) is 11.5 Å². The van der Waals surface area contributed by atoms with E-state index in [9.17, 15) is 25.5 Å². The second-order valence-electron chi connectivity index (χ2n) is 10.4. The summed E-state index contributed by atoms with van der Waals surface area (Å²) in [7, 11) is 0. The molecule has 1 aliphatic carbocycles. The van der Waals surface area contributed by atoms with Crippen LogP contribution >= 0.6 is 0 Å². The van der Waals surface area contributed by atoms with Crippen LogP contribution < -0.4 is 9.64 Å². The van der Waals surface area contributed by atoms with Crippen molar-refractivity contribution >= 4 is 11.8 Å². The quantitative estimate of drug-likeness (QED) is 0.481. The predicted octanol–water partition coefficient (Wildman–Crippen LogP) is 5.09. The average molecular weight is 531 g/mol. The number of allylic oxidation sites excluding steroid dienone is 3. The highest BCUT2D eigenvalue weighted by Crippen LogP contribution is 2.35. The number of ether oxygens (including phenoxy) is 2. The number of nitriles is 2. The number of benzene rings is 1. The number of aromatic nitrogens is 1. The lowest BCUT2D eigenvalue weighted by Gasteiger charge is -2.29. The lowest BCUT2D eigenvalue weighted by atomic mass is 9.84. The molecular weight excluding hydrogens is 496 g/mol. The number of carbonyl (C=O) groups is 1. The van der Waals surface area contributed by atoms with Gasteiger partial charge in [-0.3, -0.25) is 9.88 Å². The molecular formula is C30H34N4O5. The second kappa shape index (κ2) is 12.6. The molecule has 0 saturated carbocycles. The summed E-state index contributed by atoms with van der Waals surface area (Å²) in [6.07, 6.45) is 5.42. The molecule has 0 fully saturated rings. The summed E-state index contributed by atoms with van der Waals surface area (Å²) in [6, 6.07) is 10.8. The lowest BCUT2D eigenvalue weighted by molar-refractivity contribution is 0.0576. The minimum Gasteiger partial charge on any atom is -0.491 e. The molecule has 1 amide bonds. The Labute approximate surface area is 229 Å². The molecule has 0 bridgehead atoms. The first-order valence-corrected chi connectivity index (χ1v) is 12.7. The van der Waals surface area contributed by atoms with Gasteiger partial charge in [0.1, 0.15) is 17.0 Å². The van der Waals surface area contributed by atoms with E-state index in [-0.39, 0.29) is 36.4 Å². The van der Waals surface area contributed by atoms with Gasteiger partial charge in [-0.15, -0.1) is 0 Å². The highest BCUT2D eigenvalue weighted by Gasteiger charge is 2.28. The summed E-state index contributed by atoms with van der Waals surface area (Å²) in [4.78, 5) is 19.0. The van der Waals surface area contributed by atoms with E-state index in [2.05, 4.69) is 17.1 Å². The number of hydrogen-bond donors (Lipinski definition) is 2. The normalized spacial score (nSPS) is 17.4. The molecule has 2 aromatic rings. The maximum absolute atomic E-state index is 13.3. The van der Waals surface area contributed by atoms with Crippen molar-refractivity contribution in [1.82, 2.24) is 4.98 Å². The van der Waals surface area contributed by atoms with Crippen LogP contribution in [-0.4, -0.2) is 33.5 Å². The molecule has 3 atom stereocenters. The first-order chi connectivity index (χ1) is 18.5. The molecule has 0 saturated heterocycles. The molecule has 9 heteroatoms. The molecule has 0 radical (unpaired) electrons. The van der Waals surface area contributed by atoms with Crippen molar-refractivity contribution in [2.24, 2.45) is 11.8 Å². The van der Waals surface area contributed by atoms with Gasteiger partial charge in [0, 0.05) is 34.9 Å². The summed E-state index contributed by atoms with van der Waals surface area (Å²) in [5.74, 6) is 0.0731. The maximum atomic E-state index is 13.3. The molecule has 3 unspecified atom stereocenters. The summed E-state index contributed by atoms with van der Waals surface area (Å²) in [5.41, 5.74) is 1.95. The largest absolute Gasteiger partial charge is 0.491 e. The zero-order chi connectivity index (χ0) is 28.7. The van der Waals surface area contributed by atoms with Crippen molar-refractivity contribution in [2.45, 2.75) is 59.5 Å². The Hall–Kier alpha value is -4.18. The molecule has 3 rings (SSSR count). The number of carbonyl (C=O) groups excluding carboxylic acids is 1. The van der Waals surface area contributed by atoms with Crippen molar-refractivity contribution in [3.05, 3.63) is 76.6 Å². The standard InChI is InChI=1S/C30H34N4O5/c1-19-22(14-32)7-6-8-23(19)18-38-28-26(17-35)33-15-24(27(28)20(2)36)16-34(29(37)39-30(3,4)5)25-11-9-21(13-31)10-12-25/h6-12,15,19-20,23,35-36H,16-18H2,1-5H3. The highest BCUT2D eigenvalue weighted by atomic mass is 16.6. The van der Waals surface area contributed by atoms with Crippen molar-refractivity contribution < 1.29 is 24.5 Å². The van der Waals surface area contributed by atoms with E-state index in [0.717, 1.165) is 0 Å². The molecule has 204 valence electrons. The Morgan fingerprint density at radius 2 is 1.90 bits per heavy atom. The van der Waals surface area contributed by atoms with Crippen LogP contribution in [0.4, 0.5) is 10.5 Å². The predicted molar refractivity (Wildman–Crippen MR) is 145 cm³/mol. The lowest BCUT2D eigenvalue weighted by Crippen LogP contribution is -2.37. The molecule has 1 aromatic carbocycles. The highest BCUT2D eigenvalue weighted by molar-refractivity contribution is 5.88. The molecule has 9 nitrogen and oxygen atoms in total. The van der Waals surface area contributed by atoms with Gasteiger partial charge in [-0.1, -0.05) is 19.1 Å². The zero-order valence-corrected chi connectivity index (χ0v) is 22.9. The minimum absolute atomic E-state index is 0.0167. The van der Waals surface area contributed by atoms with Crippen LogP contribution in [-0.2, 0) is 17.9 Å². The third kappa shape index (κ3) is 7.23. The van der Waals surface area contributed by atoms with E-state index in [1.807, 2.05) is 19.1 Å². The summed E-state index contributed by atoms with van der Waals surface area (Å²) >= 11 is 0. The van der Waals surface area contributed by atoms with Crippen LogP contribution in [0.2, 0.25) is 0 Å². The zero-order valence-electron chi connectivity index (χ0n) is 22.9. The third-order valence-corrected chi connectivity index (χ3v) is 6.36. The molecule has 0 spiro atoms. The molecule has 0 aliphatic heterocycles. The van der Waals surface area contributed by atoms with Crippen LogP contribution in [0, 0.1) is 34.5 Å². The fourth-order valence-corrected chi connectivity index (χ4v) is 4.28. The smallest absolute Gasteiger partial charge is 0.415 e. The number of amides is 1. The topological polar surface area (TPSA) is 140 Å². The van der Waals surface area contributed by atoms with Crippen LogP contribution in [0.1, 0.15) is 63.1 Å². The number of rotatable bonds is 8.